The fourth-order valence-electron chi connectivity index (χ4n) is 1.71. The summed E-state index contributed by atoms with van der Waals surface area (Å²) in [7, 11) is 0. The minimum Gasteiger partial charge on any atom is -0.478 e. The number of fused-ring (bicyclic) bond motifs is 1. The highest BCUT2D eigenvalue weighted by Crippen LogP contribution is 2.15. The van der Waals surface area contributed by atoms with E-state index in [1.54, 1.807) is 12.1 Å². The van der Waals surface area contributed by atoms with Crippen molar-refractivity contribution in [2.45, 2.75) is 0 Å². The number of benzene rings is 3. The van der Waals surface area contributed by atoms with Gasteiger partial charge in [-0.2, -0.15) is 0 Å². The summed E-state index contributed by atoms with van der Waals surface area (Å²) in [5.41, 5.74) is 0.332. The summed E-state index contributed by atoms with van der Waals surface area (Å²) < 4.78 is 0. The molecular weight excluding hydrogens is 236 g/mol. The van der Waals surface area contributed by atoms with Gasteiger partial charge in [0.25, 0.3) is 0 Å². The van der Waals surface area contributed by atoms with Crippen LogP contribution in [-0.2, 0) is 0 Å². The first-order chi connectivity index (χ1) is 9.27. The quantitative estimate of drug-likeness (QED) is 0.702. The van der Waals surface area contributed by atoms with E-state index >= 15 is 0 Å². The fraction of sp³-hybridized carbons (Fsp3) is 0. The van der Waals surface area contributed by atoms with Crippen molar-refractivity contribution in [1.82, 2.24) is 0 Å². The highest BCUT2D eigenvalue weighted by molar-refractivity contribution is 5.94. The molecule has 0 atom stereocenters. The van der Waals surface area contributed by atoms with Crippen molar-refractivity contribution < 1.29 is 9.90 Å². The number of carboxylic acids is 1. The second kappa shape index (κ2) is 6.36. The van der Waals surface area contributed by atoms with E-state index in [0.717, 1.165) is 10.8 Å². The molecule has 0 aliphatic rings. The van der Waals surface area contributed by atoms with Crippen molar-refractivity contribution in [3.63, 3.8) is 0 Å². The molecule has 3 aromatic rings. The maximum Gasteiger partial charge on any atom is 0.335 e. The molecule has 0 fully saturated rings. The van der Waals surface area contributed by atoms with Crippen LogP contribution in [0, 0.1) is 0 Å². The number of carboxylic acid groups (broad SMARTS) is 1. The third-order valence-corrected chi connectivity index (χ3v) is 2.66. The maximum atomic E-state index is 10.6. The van der Waals surface area contributed by atoms with Crippen molar-refractivity contribution in [3.05, 3.63) is 84.4 Å². The minimum absolute atomic E-state index is 0.332. The van der Waals surface area contributed by atoms with Crippen LogP contribution in [0.5, 0.6) is 0 Å². The Morgan fingerprint density at radius 3 is 1.74 bits per heavy atom. The van der Waals surface area contributed by atoms with Gasteiger partial charge in [0.05, 0.1) is 5.56 Å². The van der Waals surface area contributed by atoms with Gasteiger partial charge >= 0.3 is 5.97 Å². The summed E-state index contributed by atoms with van der Waals surface area (Å²) in [6.07, 6.45) is 0. The molecular formula is C17H14O2. The molecule has 0 bridgehead atoms. The van der Waals surface area contributed by atoms with Crippen LogP contribution >= 0.6 is 0 Å². The molecule has 3 rings (SSSR count). The molecule has 0 radical (unpaired) electrons. The van der Waals surface area contributed by atoms with Gasteiger partial charge in [0, 0.05) is 0 Å². The summed E-state index contributed by atoms with van der Waals surface area (Å²) in [5, 5.41) is 10.8. The summed E-state index contributed by atoms with van der Waals surface area (Å²) in [6, 6.07) is 24.8. The molecule has 0 amide bonds. The van der Waals surface area contributed by atoms with E-state index in [4.69, 9.17) is 5.11 Å². The van der Waals surface area contributed by atoms with E-state index in [1.165, 1.54) is 0 Å². The van der Waals surface area contributed by atoms with E-state index in [2.05, 4.69) is 0 Å². The van der Waals surface area contributed by atoms with E-state index in [1.807, 2.05) is 66.7 Å². The molecule has 0 unspecified atom stereocenters. The summed E-state index contributed by atoms with van der Waals surface area (Å²) in [5.74, 6) is -0.884. The third-order valence-electron chi connectivity index (χ3n) is 2.66. The Bertz CT molecular complexity index is 633. The second-order valence-corrected chi connectivity index (χ2v) is 4.02. The van der Waals surface area contributed by atoms with Gasteiger partial charge in [-0.05, 0) is 22.9 Å². The zero-order chi connectivity index (χ0) is 13.5. The van der Waals surface area contributed by atoms with Crippen LogP contribution < -0.4 is 0 Å². The Morgan fingerprint density at radius 1 is 0.684 bits per heavy atom. The molecule has 0 heterocycles. The van der Waals surface area contributed by atoms with Crippen LogP contribution in [0.15, 0.2) is 78.9 Å². The molecule has 0 saturated heterocycles. The monoisotopic (exact) mass is 250 g/mol. The van der Waals surface area contributed by atoms with Gasteiger partial charge in [0.15, 0.2) is 0 Å². The predicted octanol–water partition coefficient (Wildman–Crippen LogP) is 4.22. The first kappa shape index (κ1) is 12.8. The Morgan fingerprint density at radius 2 is 1.21 bits per heavy atom. The molecule has 94 valence electrons. The van der Waals surface area contributed by atoms with E-state index in [-0.39, 0.29) is 0 Å². The van der Waals surface area contributed by atoms with Crippen molar-refractivity contribution in [2.75, 3.05) is 0 Å². The molecule has 3 aromatic carbocycles. The molecule has 0 spiro atoms. The summed E-state index contributed by atoms with van der Waals surface area (Å²) >= 11 is 0. The lowest BCUT2D eigenvalue weighted by atomic mass is 10.1. The van der Waals surface area contributed by atoms with Crippen molar-refractivity contribution >= 4 is 16.7 Å². The molecule has 19 heavy (non-hydrogen) atoms. The van der Waals surface area contributed by atoms with Crippen LogP contribution in [-0.4, -0.2) is 11.1 Å². The van der Waals surface area contributed by atoms with Crippen molar-refractivity contribution in [3.8, 4) is 0 Å². The van der Waals surface area contributed by atoms with Crippen LogP contribution in [0.3, 0.4) is 0 Å². The van der Waals surface area contributed by atoms with Crippen LogP contribution in [0.4, 0.5) is 0 Å². The number of hydrogen-bond acceptors (Lipinski definition) is 1. The van der Waals surface area contributed by atoms with Gasteiger partial charge in [0.2, 0.25) is 0 Å². The van der Waals surface area contributed by atoms with E-state index < -0.39 is 5.97 Å². The van der Waals surface area contributed by atoms with Gasteiger partial charge in [0.1, 0.15) is 0 Å². The lowest BCUT2D eigenvalue weighted by molar-refractivity contribution is 0.0697. The molecule has 2 heteroatoms. The number of aromatic carboxylic acids is 1. The fourth-order valence-corrected chi connectivity index (χ4v) is 1.71. The van der Waals surface area contributed by atoms with Gasteiger partial charge in [-0.15, -0.1) is 0 Å². The standard InChI is InChI=1S/C11H8O2.C6H6/c12-11(13)10-6-5-8-3-1-2-4-9(8)7-10;1-2-4-6-5-3-1/h1-7H,(H,12,13);1-6H. The zero-order valence-corrected chi connectivity index (χ0v) is 10.4. The average molecular weight is 250 g/mol. The first-order valence-corrected chi connectivity index (χ1v) is 5.99. The normalized spacial score (nSPS) is 9.47. The van der Waals surface area contributed by atoms with Gasteiger partial charge in [-0.3, -0.25) is 0 Å². The molecule has 0 aliphatic heterocycles. The van der Waals surface area contributed by atoms with E-state index in [9.17, 15) is 4.79 Å². The van der Waals surface area contributed by atoms with Crippen LogP contribution in [0.1, 0.15) is 10.4 Å². The Hall–Kier alpha value is -2.61. The van der Waals surface area contributed by atoms with Crippen LogP contribution in [0.25, 0.3) is 10.8 Å². The van der Waals surface area contributed by atoms with E-state index in [0.29, 0.717) is 5.56 Å². The Labute approximate surface area is 111 Å². The highest BCUT2D eigenvalue weighted by atomic mass is 16.4. The Balaban J connectivity index is 0.000000186. The topological polar surface area (TPSA) is 37.3 Å². The minimum atomic E-state index is -0.884. The molecule has 2 nitrogen and oxygen atoms in total. The number of rotatable bonds is 1. The first-order valence-electron chi connectivity index (χ1n) is 5.99. The van der Waals surface area contributed by atoms with Gasteiger partial charge in [-0.1, -0.05) is 66.7 Å². The average Bonchev–Trinajstić information content (AvgIpc) is 2.49. The second-order valence-electron chi connectivity index (χ2n) is 4.02. The van der Waals surface area contributed by atoms with Crippen LogP contribution in [0.2, 0.25) is 0 Å². The molecule has 1 N–H and O–H groups in total. The highest BCUT2D eigenvalue weighted by Gasteiger charge is 2.01. The number of hydrogen-bond donors (Lipinski definition) is 1. The summed E-state index contributed by atoms with van der Waals surface area (Å²) in [6.45, 7) is 0. The largest absolute Gasteiger partial charge is 0.478 e. The van der Waals surface area contributed by atoms with Crippen molar-refractivity contribution in [1.29, 1.82) is 0 Å². The SMILES string of the molecule is O=C(O)c1ccc2ccccc2c1.c1ccccc1. The predicted molar refractivity (Wildman–Crippen MR) is 77.3 cm³/mol. The van der Waals surface area contributed by atoms with Gasteiger partial charge < -0.3 is 5.11 Å². The Kier molecular flexibility index (Phi) is 4.29. The zero-order valence-electron chi connectivity index (χ0n) is 10.4. The smallest absolute Gasteiger partial charge is 0.335 e. The maximum absolute atomic E-state index is 10.6. The third kappa shape index (κ3) is 3.68. The lowest BCUT2D eigenvalue weighted by Gasteiger charge is -1.98. The lowest BCUT2D eigenvalue weighted by Crippen LogP contribution is -1.94. The molecule has 0 aromatic heterocycles. The number of carbonyl (C=O) groups is 1. The van der Waals surface area contributed by atoms with Gasteiger partial charge in [-0.25, -0.2) is 4.79 Å². The molecule has 0 aliphatic carbocycles. The molecule has 0 saturated carbocycles. The van der Waals surface area contributed by atoms with Crippen molar-refractivity contribution in [2.24, 2.45) is 0 Å². The summed E-state index contributed by atoms with van der Waals surface area (Å²) in [4.78, 5) is 10.6.